The first-order valence-electron chi connectivity index (χ1n) is 9.60. The molecule has 5 nitrogen and oxygen atoms in total. The maximum Gasteiger partial charge on any atom is 0.409 e. The number of nitrogens with zero attached hydrogens (tertiary/aromatic N) is 1. The second-order valence-corrected chi connectivity index (χ2v) is 7.71. The van der Waals surface area contributed by atoms with Crippen LogP contribution >= 0.6 is 0 Å². The fourth-order valence-electron chi connectivity index (χ4n) is 4.28. The van der Waals surface area contributed by atoms with Crippen molar-refractivity contribution in [2.24, 2.45) is 0 Å². The molecule has 0 aromatic heterocycles. The van der Waals surface area contributed by atoms with Crippen LogP contribution in [0.4, 0.5) is 4.79 Å². The summed E-state index contributed by atoms with van der Waals surface area (Å²) < 4.78 is 11.4. The minimum absolute atomic E-state index is 0.0609. The number of fused-ring (bicyclic) bond motifs is 3. The molecular weight excluding hydrogens is 342 g/mol. The van der Waals surface area contributed by atoms with Crippen LogP contribution in [-0.4, -0.2) is 54.1 Å². The third-order valence-electron chi connectivity index (χ3n) is 6.02. The standard InChI is InChI=1S/C22H23NO4/c24-21(23-11-12-26-20(13-23)22(25)9-10-22)27-14-19-17-7-3-1-5-15(17)16-6-2-4-8-18(16)19/h1-8,19-20,25H,9-14H2. The molecule has 0 spiro atoms. The van der Waals surface area contributed by atoms with E-state index in [0.29, 0.717) is 26.3 Å². The lowest BCUT2D eigenvalue weighted by atomic mass is 9.98. The normalized spacial score (nSPS) is 22.9. The molecule has 5 heteroatoms. The molecule has 1 amide bonds. The quantitative estimate of drug-likeness (QED) is 0.908. The Hall–Kier alpha value is -2.37. The van der Waals surface area contributed by atoms with Gasteiger partial charge in [0, 0.05) is 12.5 Å². The highest BCUT2D eigenvalue weighted by molar-refractivity contribution is 5.79. The molecule has 1 saturated heterocycles. The van der Waals surface area contributed by atoms with Crippen LogP contribution in [0.25, 0.3) is 11.1 Å². The van der Waals surface area contributed by atoms with Gasteiger partial charge in [0.15, 0.2) is 0 Å². The van der Waals surface area contributed by atoms with E-state index in [1.165, 1.54) is 22.3 Å². The van der Waals surface area contributed by atoms with Gasteiger partial charge in [-0.25, -0.2) is 4.79 Å². The number of benzene rings is 2. The van der Waals surface area contributed by atoms with Crippen LogP contribution in [0, 0.1) is 0 Å². The Morgan fingerprint density at radius 1 is 1.11 bits per heavy atom. The maximum atomic E-state index is 12.6. The Kier molecular flexibility index (Phi) is 3.95. The van der Waals surface area contributed by atoms with E-state index in [2.05, 4.69) is 24.3 Å². The van der Waals surface area contributed by atoms with Gasteiger partial charge in [-0.1, -0.05) is 48.5 Å². The summed E-state index contributed by atoms with van der Waals surface area (Å²) in [6.45, 7) is 1.66. The molecule has 0 bridgehead atoms. The monoisotopic (exact) mass is 365 g/mol. The van der Waals surface area contributed by atoms with Crippen LogP contribution in [0.15, 0.2) is 48.5 Å². The molecule has 5 rings (SSSR count). The summed E-state index contributed by atoms with van der Waals surface area (Å²) in [4.78, 5) is 14.3. The molecule has 3 aliphatic rings. The van der Waals surface area contributed by atoms with Crippen molar-refractivity contribution in [1.29, 1.82) is 0 Å². The Bertz CT molecular complexity index is 831. The highest BCUT2D eigenvalue weighted by atomic mass is 16.6. The van der Waals surface area contributed by atoms with E-state index >= 15 is 0 Å². The summed E-state index contributed by atoms with van der Waals surface area (Å²) in [6, 6.07) is 16.6. The average molecular weight is 365 g/mol. The van der Waals surface area contributed by atoms with Gasteiger partial charge in [-0.3, -0.25) is 0 Å². The van der Waals surface area contributed by atoms with Crippen LogP contribution in [0.3, 0.4) is 0 Å². The zero-order valence-corrected chi connectivity index (χ0v) is 15.1. The molecule has 1 saturated carbocycles. The lowest BCUT2D eigenvalue weighted by Crippen LogP contribution is -2.51. The maximum absolute atomic E-state index is 12.6. The van der Waals surface area contributed by atoms with Crippen molar-refractivity contribution in [2.75, 3.05) is 26.3 Å². The zero-order chi connectivity index (χ0) is 18.4. The van der Waals surface area contributed by atoms with E-state index < -0.39 is 5.60 Å². The van der Waals surface area contributed by atoms with E-state index in [4.69, 9.17) is 9.47 Å². The first-order chi connectivity index (χ1) is 13.2. The van der Waals surface area contributed by atoms with Crippen molar-refractivity contribution < 1.29 is 19.4 Å². The van der Waals surface area contributed by atoms with Crippen molar-refractivity contribution in [2.45, 2.75) is 30.5 Å². The zero-order valence-electron chi connectivity index (χ0n) is 15.1. The van der Waals surface area contributed by atoms with Gasteiger partial charge in [0.05, 0.1) is 18.8 Å². The molecule has 1 atom stereocenters. The van der Waals surface area contributed by atoms with Crippen LogP contribution in [0.2, 0.25) is 0 Å². The number of aliphatic hydroxyl groups is 1. The number of ether oxygens (including phenoxy) is 2. The van der Waals surface area contributed by atoms with Crippen LogP contribution in [0.5, 0.6) is 0 Å². The third-order valence-corrected chi connectivity index (χ3v) is 6.02. The number of carbonyl (C=O) groups excluding carboxylic acids is 1. The van der Waals surface area contributed by atoms with Crippen LogP contribution in [-0.2, 0) is 9.47 Å². The predicted octanol–water partition coefficient (Wildman–Crippen LogP) is 3.16. The lowest BCUT2D eigenvalue weighted by Gasteiger charge is -2.35. The first-order valence-corrected chi connectivity index (χ1v) is 9.60. The summed E-state index contributed by atoms with van der Waals surface area (Å²) in [6.07, 6.45) is 0.869. The fourth-order valence-corrected chi connectivity index (χ4v) is 4.28. The van der Waals surface area contributed by atoms with Gasteiger partial charge < -0.3 is 19.5 Å². The molecule has 2 fully saturated rings. The first kappa shape index (κ1) is 16.8. The number of hydrogen-bond donors (Lipinski definition) is 1. The molecule has 2 aromatic carbocycles. The van der Waals surface area contributed by atoms with Gasteiger partial charge >= 0.3 is 6.09 Å². The minimum atomic E-state index is -0.748. The molecule has 1 N–H and O–H groups in total. The lowest BCUT2D eigenvalue weighted by molar-refractivity contribution is -0.0956. The SMILES string of the molecule is O=C(OCC1c2ccccc2-c2ccccc21)N1CCOC(C2(O)CC2)C1. The summed E-state index contributed by atoms with van der Waals surface area (Å²) >= 11 is 0. The Morgan fingerprint density at radius 3 is 2.37 bits per heavy atom. The fraction of sp³-hybridized carbons (Fsp3) is 0.409. The highest BCUT2D eigenvalue weighted by Gasteiger charge is 2.50. The van der Waals surface area contributed by atoms with Crippen molar-refractivity contribution >= 4 is 6.09 Å². The predicted molar refractivity (Wildman–Crippen MR) is 101 cm³/mol. The van der Waals surface area contributed by atoms with Gasteiger partial charge in [-0.05, 0) is 35.1 Å². The second kappa shape index (κ2) is 6.36. The topological polar surface area (TPSA) is 59.0 Å². The molecule has 27 heavy (non-hydrogen) atoms. The molecule has 1 heterocycles. The summed E-state index contributed by atoms with van der Waals surface area (Å²) in [5, 5.41) is 10.3. The van der Waals surface area contributed by atoms with Gasteiger partial charge in [-0.2, -0.15) is 0 Å². The second-order valence-electron chi connectivity index (χ2n) is 7.71. The molecule has 140 valence electrons. The van der Waals surface area contributed by atoms with E-state index in [-0.39, 0.29) is 18.1 Å². The van der Waals surface area contributed by atoms with Crippen molar-refractivity contribution in [3.8, 4) is 11.1 Å². The minimum Gasteiger partial charge on any atom is -0.448 e. The Balaban J connectivity index is 1.29. The molecular formula is C22H23NO4. The molecule has 1 unspecified atom stereocenters. The van der Waals surface area contributed by atoms with Crippen molar-refractivity contribution in [3.63, 3.8) is 0 Å². The van der Waals surface area contributed by atoms with E-state index in [1.807, 2.05) is 24.3 Å². The molecule has 0 radical (unpaired) electrons. The van der Waals surface area contributed by atoms with Gasteiger partial charge in [0.2, 0.25) is 0 Å². The van der Waals surface area contributed by atoms with Gasteiger partial charge in [0.25, 0.3) is 0 Å². The summed E-state index contributed by atoms with van der Waals surface area (Å²) in [7, 11) is 0. The number of morpholine rings is 1. The number of amides is 1. The third kappa shape index (κ3) is 2.91. The number of hydrogen-bond acceptors (Lipinski definition) is 4. The van der Waals surface area contributed by atoms with Gasteiger partial charge in [0.1, 0.15) is 12.7 Å². The van der Waals surface area contributed by atoms with Crippen molar-refractivity contribution in [1.82, 2.24) is 4.90 Å². The molecule has 2 aliphatic carbocycles. The average Bonchev–Trinajstić information content (AvgIpc) is 3.39. The van der Waals surface area contributed by atoms with Crippen molar-refractivity contribution in [3.05, 3.63) is 59.7 Å². The summed E-state index contributed by atoms with van der Waals surface area (Å²) in [5.74, 6) is 0.0609. The molecule has 1 aliphatic heterocycles. The molecule has 2 aromatic rings. The van der Waals surface area contributed by atoms with E-state index in [1.54, 1.807) is 4.90 Å². The number of carbonyl (C=O) groups is 1. The Labute approximate surface area is 158 Å². The Morgan fingerprint density at radius 2 is 1.74 bits per heavy atom. The van der Waals surface area contributed by atoms with E-state index in [9.17, 15) is 9.90 Å². The highest BCUT2D eigenvalue weighted by Crippen LogP contribution is 2.44. The smallest absolute Gasteiger partial charge is 0.409 e. The van der Waals surface area contributed by atoms with E-state index in [0.717, 1.165) is 12.8 Å². The summed E-state index contributed by atoms with van der Waals surface area (Å²) in [5.41, 5.74) is 4.10. The van der Waals surface area contributed by atoms with Crippen LogP contribution in [0.1, 0.15) is 29.9 Å². The number of rotatable bonds is 3. The van der Waals surface area contributed by atoms with Gasteiger partial charge in [-0.15, -0.1) is 0 Å². The largest absolute Gasteiger partial charge is 0.448 e. The van der Waals surface area contributed by atoms with Crippen LogP contribution < -0.4 is 0 Å².